The Morgan fingerprint density at radius 3 is 2.29 bits per heavy atom. The van der Waals surface area contributed by atoms with E-state index in [1.54, 1.807) is 0 Å². The Morgan fingerprint density at radius 1 is 1.29 bits per heavy atom. The molecule has 0 radical (unpaired) electrons. The lowest BCUT2D eigenvalue weighted by atomic mass is 9.81. The molecule has 14 heavy (non-hydrogen) atoms. The third-order valence-corrected chi connectivity index (χ3v) is 3.44. The quantitative estimate of drug-likeness (QED) is 0.666. The zero-order valence-corrected chi connectivity index (χ0v) is 10.1. The maximum Gasteiger partial charge on any atom is 0.223 e. The number of carbonyl (C=O) groups is 1. The van der Waals surface area contributed by atoms with Gasteiger partial charge in [-0.2, -0.15) is 0 Å². The summed E-state index contributed by atoms with van der Waals surface area (Å²) in [4.78, 5) is 13.9. The number of piperidine rings is 1. The Balaban J connectivity index is 2.63. The maximum atomic E-state index is 11.9. The lowest BCUT2D eigenvalue weighted by molar-refractivity contribution is -0.140. The Kier molecular flexibility index (Phi) is 3.23. The summed E-state index contributed by atoms with van der Waals surface area (Å²) in [6.07, 6.45) is 1.85. The smallest absolute Gasteiger partial charge is 0.223 e. The van der Waals surface area contributed by atoms with Crippen molar-refractivity contribution < 1.29 is 4.79 Å². The van der Waals surface area contributed by atoms with Gasteiger partial charge in [0, 0.05) is 19.0 Å². The molecule has 0 bridgehead atoms. The number of nitrogens with zero attached hydrogens (tertiary/aromatic N) is 1. The average Bonchev–Trinajstić information content (AvgIpc) is 2.01. The highest BCUT2D eigenvalue weighted by Crippen LogP contribution is 2.32. The van der Waals surface area contributed by atoms with Crippen LogP contribution in [0.5, 0.6) is 0 Å². The number of amides is 1. The lowest BCUT2D eigenvalue weighted by Gasteiger charge is -2.41. The standard InChI is InChI=1S/C12H23NO/c1-9(2)10(3)13-7-6-12(4,5)8-11(13)14/h9-10H,6-8H2,1-5H3. The molecular formula is C12H23NO. The van der Waals surface area contributed by atoms with Crippen LogP contribution in [0.3, 0.4) is 0 Å². The van der Waals surface area contributed by atoms with Gasteiger partial charge in [0.15, 0.2) is 0 Å². The Bertz CT molecular complexity index is 220. The van der Waals surface area contributed by atoms with E-state index >= 15 is 0 Å². The van der Waals surface area contributed by atoms with Crippen LogP contribution in [0.4, 0.5) is 0 Å². The van der Waals surface area contributed by atoms with Crippen molar-refractivity contribution in [3.05, 3.63) is 0 Å². The van der Waals surface area contributed by atoms with Gasteiger partial charge in [0.2, 0.25) is 5.91 Å². The normalized spacial score (nSPS) is 24.1. The van der Waals surface area contributed by atoms with Crippen LogP contribution in [0.25, 0.3) is 0 Å². The van der Waals surface area contributed by atoms with E-state index in [0.717, 1.165) is 13.0 Å². The Hall–Kier alpha value is -0.530. The van der Waals surface area contributed by atoms with Crippen molar-refractivity contribution in [3.63, 3.8) is 0 Å². The molecule has 1 saturated heterocycles. The van der Waals surface area contributed by atoms with Crippen LogP contribution in [0.1, 0.15) is 47.5 Å². The molecule has 1 fully saturated rings. The molecule has 1 unspecified atom stereocenters. The van der Waals surface area contributed by atoms with Gasteiger partial charge in [-0.15, -0.1) is 0 Å². The van der Waals surface area contributed by atoms with Crippen LogP contribution in [-0.4, -0.2) is 23.4 Å². The maximum absolute atomic E-state index is 11.9. The van der Waals surface area contributed by atoms with Gasteiger partial charge < -0.3 is 4.90 Å². The molecule has 0 aromatic carbocycles. The van der Waals surface area contributed by atoms with Gasteiger partial charge in [0.1, 0.15) is 0 Å². The predicted octanol–water partition coefficient (Wildman–Crippen LogP) is 2.68. The molecular weight excluding hydrogens is 174 g/mol. The zero-order chi connectivity index (χ0) is 10.9. The van der Waals surface area contributed by atoms with E-state index in [4.69, 9.17) is 0 Å². The molecule has 1 atom stereocenters. The highest BCUT2D eigenvalue weighted by atomic mass is 16.2. The molecule has 1 aliphatic rings. The van der Waals surface area contributed by atoms with E-state index < -0.39 is 0 Å². The highest BCUT2D eigenvalue weighted by molar-refractivity contribution is 5.78. The molecule has 0 N–H and O–H groups in total. The summed E-state index contributed by atoms with van der Waals surface area (Å²) in [5, 5.41) is 0. The molecule has 2 heteroatoms. The lowest BCUT2D eigenvalue weighted by Crippen LogP contribution is -2.48. The molecule has 2 nitrogen and oxygen atoms in total. The fourth-order valence-corrected chi connectivity index (χ4v) is 1.94. The number of rotatable bonds is 2. The van der Waals surface area contributed by atoms with Crippen molar-refractivity contribution in [3.8, 4) is 0 Å². The van der Waals surface area contributed by atoms with Crippen molar-refractivity contribution in [1.82, 2.24) is 4.90 Å². The minimum absolute atomic E-state index is 0.213. The summed E-state index contributed by atoms with van der Waals surface area (Å²) in [5.74, 6) is 0.891. The van der Waals surface area contributed by atoms with Crippen LogP contribution in [0.2, 0.25) is 0 Å². The molecule has 0 aromatic heterocycles. The molecule has 0 aliphatic carbocycles. The van der Waals surface area contributed by atoms with Crippen LogP contribution in [0.15, 0.2) is 0 Å². The first kappa shape index (κ1) is 11.5. The SMILES string of the molecule is CC(C)C(C)N1CCC(C)(C)CC1=O. The van der Waals surface area contributed by atoms with Crippen LogP contribution in [-0.2, 0) is 4.79 Å². The van der Waals surface area contributed by atoms with E-state index in [1.165, 1.54) is 0 Å². The largest absolute Gasteiger partial charge is 0.340 e. The monoisotopic (exact) mass is 197 g/mol. The van der Waals surface area contributed by atoms with Gasteiger partial charge >= 0.3 is 0 Å². The highest BCUT2D eigenvalue weighted by Gasteiger charge is 2.33. The van der Waals surface area contributed by atoms with Gasteiger partial charge in [-0.1, -0.05) is 27.7 Å². The number of hydrogen-bond donors (Lipinski definition) is 0. The van der Waals surface area contributed by atoms with Crippen LogP contribution in [0, 0.1) is 11.3 Å². The van der Waals surface area contributed by atoms with E-state index in [0.29, 0.717) is 24.3 Å². The molecule has 82 valence electrons. The summed E-state index contributed by atoms with van der Waals surface area (Å²) in [6, 6.07) is 0.388. The minimum atomic E-state index is 0.213. The molecule has 0 spiro atoms. The summed E-state index contributed by atoms with van der Waals surface area (Å²) in [7, 11) is 0. The van der Waals surface area contributed by atoms with Crippen LogP contribution >= 0.6 is 0 Å². The topological polar surface area (TPSA) is 20.3 Å². The van der Waals surface area contributed by atoms with Gasteiger partial charge in [-0.3, -0.25) is 4.79 Å². The van der Waals surface area contributed by atoms with Crippen molar-refractivity contribution in [2.45, 2.75) is 53.5 Å². The number of carbonyl (C=O) groups excluding carboxylic acids is 1. The summed E-state index contributed by atoms with van der Waals surface area (Å²) >= 11 is 0. The van der Waals surface area contributed by atoms with Crippen molar-refractivity contribution in [1.29, 1.82) is 0 Å². The van der Waals surface area contributed by atoms with Gasteiger partial charge in [-0.05, 0) is 24.7 Å². The van der Waals surface area contributed by atoms with E-state index in [2.05, 4.69) is 39.5 Å². The second kappa shape index (κ2) is 3.92. The third kappa shape index (κ3) is 2.49. The van der Waals surface area contributed by atoms with Crippen molar-refractivity contribution in [2.24, 2.45) is 11.3 Å². The minimum Gasteiger partial charge on any atom is -0.340 e. The first-order chi connectivity index (χ1) is 6.33. The number of hydrogen-bond acceptors (Lipinski definition) is 1. The summed E-state index contributed by atoms with van der Waals surface area (Å²) < 4.78 is 0. The molecule has 1 aliphatic heterocycles. The summed E-state index contributed by atoms with van der Waals surface area (Å²) in [6.45, 7) is 11.8. The Labute approximate surface area is 87.7 Å². The van der Waals surface area contributed by atoms with Crippen LogP contribution < -0.4 is 0 Å². The third-order valence-electron chi connectivity index (χ3n) is 3.44. The van der Waals surface area contributed by atoms with E-state index in [-0.39, 0.29) is 5.41 Å². The number of likely N-dealkylation sites (tertiary alicyclic amines) is 1. The van der Waals surface area contributed by atoms with E-state index in [1.807, 2.05) is 0 Å². The average molecular weight is 197 g/mol. The summed E-state index contributed by atoms with van der Waals surface area (Å²) in [5.41, 5.74) is 0.213. The second-order valence-corrected chi connectivity index (χ2v) is 5.66. The molecule has 0 saturated carbocycles. The fourth-order valence-electron chi connectivity index (χ4n) is 1.94. The predicted molar refractivity (Wildman–Crippen MR) is 59.0 cm³/mol. The van der Waals surface area contributed by atoms with Gasteiger partial charge in [0.05, 0.1) is 0 Å². The Morgan fingerprint density at radius 2 is 1.86 bits per heavy atom. The zero-order valence-electron chi connectivity index (χ0n) is 10.1. The fraction of sp³-hybridized carbons (Fsp3) is 0.917. The van der Waals surface area contributed by atoms with Gasteiger partial charge in [-0.25, -0.2) is 0 Å². The van der Waals surface area contributed by atoms with Crippen molar-refractivity contribution in [2.75, 3.05) is 6.54 Å². The molecule has 1 heterocycles. The molecule has 1 rings (SSSR count). The first-order valence-electron chi connectivity index (χ1n) is 5.63. The van der Waals surface area contributed by atoms with E-state index in [9.17, 15) is 4.79 Å². The first-order valence-corrected chi connectivity index (χ1v) is 5.63. The van der Waals surface area contributed by atoms with Crippen molar-refractivity contribution >= 4 is 5.91 Å². The molecule has 1 amide bonds. The van der Waals surface area contributed by atoms with Gasteiger partial charge in [0.25, 0.3) is 0 Å². The second-order valence-electron chi connectivity index (χ2n) is 5.66. The molecule has 0 aromatic rings.